The van der Waals surface area contributed by atoms with Gasteiger partial charge in [-0.2, -0.15) is 0 Å². The maximum absolute atomic E-state index is 13.3. The maximum atomic E-state index is 13.3. The Morgan fingerprint density at radius 3 is 2.31 bits per heavy atom. The Morgan fingerprint density at radius 2 is 1.72 bits per heavy atom. The molecular formula is C28H27N3O5. The number of rotatable bonds is 6. The van der Waals surface area contributed by atoms with Gasteiger partial charge in [0.05, 0.1) is 17.7 Å². The van der Waals surface area contributed by atoms with Gasteiger partial charge in [0.2, 0.25) is 5.91 Å². The molecule has 2 heterocycles. The SMILES string of the molecule is CC(=O)Nc1ccc(N2C(=O)C(=O)/C(=C(\O)c3ccc(OC(C)C)c(C)c3)C2c2ccncc2)cc1. The van der Waals surface area contributed by atoms with Crippen LogP contribution in [0.25, 0.3) is 5.76 Å². The molecule has 1 aromatic heterocycles. The van der Waals surface area contributed by atoms with Crippen LogP contribution in [-0.4, -0.2) is 33.8 Å². The van der Waals surface area contributed by atoms with Crippen LogP contribution in [0, 0.1) is 6.92 Å². The van der Waals surface area contributed by atoms with Crippen molar-refractivity contribution in [2.24, 2.45) is 0 Å². The van der Waals surface area contributed by atoms with E-state index in [4.69, 9.17) is 4.74 Å². The molecule has 0 spiro atoms. The lowest BCUT2D eigenvalue weighted by atomic mass is 9.95. The topological polar surface area (TPSA) is 109 Å². The third kappa shape index (κ3) is 4.84. The zero-order valence-corrected chi connectivity index (χ0v) is 20.5. The number of aliphatic hydroxyl groups is 1. The molecule has 1 fully saturated rings. The first-order valence-corrected chi connectivity index (χ1v) is 11.5. The second-order valence-corrected chi connectivity index (χ2v) is 8.82. The summed E-state index contributed by atoms with van der Waals surface area (Å²) in [4.78, 5) is 43.3. The van der Waals surface area contributed by atoms with Crippen molar-refractivity contribution in [3.05, 3.63) is 89.3 Å². The van der Waals surface area contributed by atoms with E-state index in [9.17, 15) is 19.5 Å². The predicted octanol–water partition coefficient (Wildman–Crippen LogP) is 4.76. The molecule has 184 valence electrons. The van der Waals surface area contributed by atoms with E-state index in [1.165, 1.54) is 11.8 Å². The highest BCUT2D eigenvalue weighted by atomic mass is 16.5. The van der Waals surface area contributed by atoms with Crippen molar-refractivity contribution in [2.45, 2.75) is 39.8 Å². The summed E-state index contributed by atoms with van der Waals surface area (Å²) >= 11 is 0. The minimum atomic E-state index is -0.869. The summed E-state index contributed by atoms with van der Waals surface area (Å²) in [7, 11) is 0. The number of carbonyl (C=O) groups excluding carboxylic acids is 3. The van der Waals surface area contributed by atoms with Crippen molar-refractivity contribution in [1.82, 2.24) is 4.98 Å². The van der Waals surface area contributed by atoms with E-state index >= 15 is 0 Å². The summed E-state index contributed by atoms with van der Waals surface area (Å²) in [6.07, 6.45) is 3.12. The molecule has 1 unspecified atom stereocenters. The van der Waals surface area contributed by atoms with Crippen LogP contribution in [-0.2, 0) is 14.4 Å². The molecule has 0 saturated carbocycles. The van der Waals surface area contributed by atoms with Gasteiger partial charge in [-0.1, -0.05) is 0 Å². The van der Waals surface area contributed by atoms with Crippen molar-refractivity contribution in [3.8, 4) is 5.75 Å². The Labute approximate surface area is 209 Å². The third-order valence-electron chi connectivity index (χ3n) is 5.74. The van der Waals surface area contributed by atoms with E-state index in [-0.39, 0.29) is 23.3 Å². The average molecular weight is 486 g/mol. The highest BCUT2D eigenvalue weighted by molar-refractivity contribution is 6.51. The normalized spacial score (nSPS) is 16.9. The molecule has 2 aromatic carbocycles. The molecule has 8 nitrogen and oxygen atoms in total. The zero-order chi connectivity index (χ0) is 26.0. The molecule has 8 heteroatoms. The number of aromatic nitrogens is 1. The van der Waals surface area contributed by atoms with E-state index in [1.807, 2.05) is 20.8 Å². The number of ether oxygens (including phenoxy) is 1. The third-order valence-corrected chi connectivity index (χ3v) is 5.74. The molecule has 0 radical (unpaired) electrons. The molecule has 1 aliphatic heterocycles. The number of benzene rings is 2. The van der Waals surface area contributed by atoms with Crippen LogP contribution in [0.2, 0.25) is 0 Å². The number of pyridine rings is 1. The number of nitrogens with zero attached hydrogens (tertiary/aromatic N) is 2. The van der Waals surface area contributed by atoms with Crippen molar-refractivity contribution in [1.29, 1.82) is 0 Å². The number of hydrogen-bond donors (Lipinski definition) is 2. The summed E-state index contributed by atoms with van der Waals surface area (Å²) in [5.41, 5.74) is 2.80. The number of carbonyl (C=O) groups is 3. The van der Waals surface area contributed by atoms with Gasteiger partial charge in [0, 0.05) is 36.3 Å². The molecule has 0 bridgehead atoms. The van der Waals surface area contributed by atoms with Crippen molar-refractivity contribution >= 4 is 34.7 Å². The summed E-state index contributed by atoms with van der Waals surface area (Å²) in [6, 6.07) is 14.3. The minimum absolute atomic E-state index is 0.0165. The predicted molar refractivity (Wildman–Crippen MR) is 137 cm³/mol. The Hall–Kier alpha value is -4.46. The lowest BCUT2D eigenvalue weighted by molar-refractivity contribution is -0.132. The summed E-state index contributed by atoms with van der Waals surface area (Å²) in [5.74, 6) is -1.37. The van der Waals surface area contributed by atoms with Gasteiger partial charge in [-0.25, -0.2) is 0 Å². The summed E-state index contributed by atoms with van der Waals surface area (Å²) in [5, 5.41) is 14.0. The number of Topliss-reactive ketones (excluding diaryl/α,β-unsaturated/α-hetero) is 1. The fraction of sp³-hybridized carbons (Fsp3) is 0.214. The average Bonchev–Trinajstić information content (AvgIpc) is 3.11. The molecule has 0 aliphatic carbocycles. The van der Waals surface area contributed by atoms with Gasteiger partial charge in [0.15, 0.2) is 0 Å². The van der Waals surface area contributed by atoms with Crippen molar-refractivity contribution in [2.75, 3.05) is 10.2 Å². The lowest BCUT2D eigenvalue weighted by Gasteiger charge is -2.25. The highest BCUT2D eigenvalue weighted by Crippen LogP contribution is 2.42. The second kappa shape index (κ2) is 10.0. The van der Waals surface area contributed by atoms with E-state index in [2.05, 4.69) is 10.3 Å². The molecule has 2 N–H and O–H groups in total. The molecule has 2 amide bonds. The first kappa shape index (κ1) is 24.7. The lowest BCUT2D eigenvalue weighted by Crippen LogP contribution is -2.29. The van der Waals surface area contributed by atoms with Gasteiger partial charge in [-0.05, 0) is 86.5 Å². The van der Waals surface area contributed by atoms with Gasteiger partial charge in [0.25, 0.3) is 11.7 Å². The fourth-order valence-corrected chi connectivity index (χ4v) is 4.21. The Balaban J connectivity index is 1.83. The molecule has 4 rings (SSSR count). The number of aliphatic hydroxyl groups excluding tert-OH is 1. The van der Waals surface area contributed by atoms with Gasteiger partial charge >= 0.3 is 0 Å². The highest BCUT2D eigenvalue weighted by Gasteiger charge is 2.47. The smallest absolute Gasteiger partial charge is 0.300 e. The quantitative estimate of drug-likeness (QED) is 0.296. The monoisotopic (exact) mass is 485 g/mol. The summed E-state index contributed by atoms with van der Waals surface area (Å²) in [6.45, 7) is 7.10. The Bertz CT molecular complexity index is 1350. The first-order valence-electron chi connectivity index (χ1n) is 11.5. The first-order chi connectivity index (χ1) is 17.2. The number of amides is 2. The van der Waals surface area contributed by atoms with E-state index in [1.54, 1.807) is 67.0 Å². The van der Waals surface area contributed by atoms with Crippen LogP contribution < -0.4 is 15.0 Å². The van der Waals surface area contributed by atoms with Crippen LogP contribution in [0.1, 0.15) is 43.5 Å². The standard InChI is InChI=1S/C28H27N3O5/c1-16(2)36-23-10-5-20(15-17(23)3)26(33)24-25(19-11-13-29-14-12-19)31(28(35)27(24)34)22-8-6-21(7-9-22)30-18(4)32/h5-16,25,33H,1-4H3,(H,30,32)/b26-24-. The van der Waals surface area contributed by atoms with E-state index in [0.29, 0.717) is 28.3 Å². The van der Waals surface area contributed by atoms with Crippen LogP contribution >= 0.6 is 0 Å². The number of hydrogen-bond acceptors (Lipinski definition) is 6. The van der Waals surface area contributed by atoms with Crippen LogP contribution in [0.15, 0.2) is 72.6 Å². The maximum Gasteiger partial charge on any atom is 0.300 e. The molecule has 1 saturated heterocycles. The van der Waals surface area contributed by atoms with Crippen molar-refractivity contribution in [3.63, 3.8) is 0 Å². The molecule has 3 aromatic rings. The molecule has 1 atom stereocenters. The molecule has 1 aliphatic rings. The minimum Gasteiger partial charge on any atom is -0.507 e. The second-order valence-electron chi connectivity index (χ2n) is 8.82. The zero-order valence-electron chi connectivity index (χ0n) is 20.5. The van der Waals surface area contributed by atoms with Crippen LogP contribution in [0.4, 0.5) is 11.4 Å². The molecule has 36 heavy (non-hydrogen) atoms. The van der Waals surface area contributed by atoms with Gasteiger partial charge in [-0.15, -0.1) is 0 Å². The van der Waals surface area contributed by atoms with Crippen LogP contribution in [0.3, 0.4) is 0 Å². The Kier molecular flexibility index (Phi) is 6.87. The van der Waals surface area contributed by atoms with E-state index in [0.717, 1.165) is 5.56 Å². The number of aryl methyl sites for hydroxylation is 1. The Morgan fingerprint density at radius 1 is 1.06 bits per heavy atom. The van der Waals surface area contributed by atoms with Gasteiger partial charge < -0.3 is 15.2 Å². The van der Waals surface area contributed by atoms with Gasteiger partial charge in [0.1, 0.15) is 11.5 Å². The number of anilines is 2. The molecular weight excluding hydrogens is 458 g/mol. The fourth-order valence-electron chi connectivity index (χ4n) is 4.21. The van der Waals surface area contributed by atoms with Crippen LogP contribution in [0.5, 0.6) is 5.75 Å². The largest absolute Gasteiger partial charge is 0.507 e. The van der Waals surface area contributed by atoms with Crippen molar-refractivity contribution < 1.29 is 24.2 Å². The number of ketones is 1. The van der Waals surface area contributed by atoms with Gasteiger partial charge in [-0.3, -0.25) is 24.3 Å². The number of nitrogens with one attached hydrogen (secondary N) is 1. The summed E-state index contributed by atoms with van der Waals surface area (Å²) < 4.78 is 5.78. The van der Waals surface area contributed by atoms with E-state index < -0.39 is 17.7 Å².